The Balaban J connectivity index is 0.00000675. The zero-order valence-corrected chi connectivity index (χ0v) is 33.7. The number of hydrogen-bond acceptors (Lipinski definition) is 4. The van der Waals surface area contributed by atoms with E-state index in [9.17, 15) is 10.2 Å². The molecule has 4 nitrogen and oxygen atoms in total. The molecule has 263 valence electrons. The summed E-state index contributed by atoms with van der Waals surface area (Å²) in [5.41, 5.74) is 4.39. The van der Waals surface area contributed by atoms with Crippen LogP contribution in [0, 0.1) is 14.9 Å². The molecule has 0 aliphatic heterocycles. The van der Waals surface area contributed by atoms with Crippen LogP contribution in [0.2, 0.25) is 19.1 Å². The standard InChI is InChI=1S/C38H60N2O2Si.2CH3.Co/c1-13-14-19-43(11,12)29-21-27(35(42)31(23-29)38(8,9)10)25-40-33-18-16-15-17-32(33)39-24-26-20-28(36(2,3)4)22-30(34(26)41)37(5,6)7;;;/h20-25,32-33,41-42H,13-19H2,1-12H3;2*1H3;/q;2*-1;/t32-,33-;;;/m0.../s1. The minimum atomic E-state index is -1.66. The number of benzene rings is 2. The summed E-state index contributed by atoms with van der Waals surface area (Å²) in [4.78, 5) is 10.2. The first-order chi connectivity index (χ1) is 19.8. The summed E-state index contributed by atoms with van der Waals surface area (Å²) in [6.07, 6.45) is 10.5. The van der Waals surface area contributed by atoms with Crippen molar-refractivity contribution in [2.45, 2.75) is 155 Å². The molecule has 6 heteroatoms. The van der Waals surface area contributed by atoms with Crippen LogP contribution in [0.15, 0.2) is 34.3 Å². The first-order valence-corrected chi connectivity index (χ1v) is 19.8. The Morgan fingerprint density at radius 1 is 0.717 bits per heavy atom. The Hall–Kier alpha value is -1.90. The third kappa shape index (κ3) is 11.1. The molecule has 1 aliphatic carbocycles. The van der Waals surface area contributed by atoms with Crippen molar-refractivity contribution < 1.29 is 27.0 Å². The van der Waals surface area contributed by atoms with Gasteiger partial charge in [0, 0.05) is 45.9 Å². The number of aromatic hydroxyl groups is 2. The Kier molecular flexibility index (Phi) is 16.3. The van der Waals surface area contributed by atoms with Gasteiger partial charge < -0.3 is 25.1 Å². The van der Waals surface area contributed by atoms with Crippen molar-refractivity contribution in [3.05, 3.63) is 66.9 Å². The maximum atomic E-state index is 11.4. The molecule has 0 unspecified atom stereocenters. The van der Waals surface area contributed by atoms with Crippen LogP contribution in [-0.4, -0.2) is 42.8 Å². The summed E-state index contributed by atoms with van der Waals surface area (Å²) in [7, 11) is -1.66. The predicted octanol–water partition coefficient (Wildman–Crippen LogP) is 10.5. The number of phenols is 2. The third-order valence-corrected chi connectivity index (χ3v) is 12.7. The van der Waals surface area contributed by atoms with Crippen molar-refractivity contribution in [2.24, 2.45) is 9.98 Å². The van der Waals surface area contributed by atoms with Gasteiger partial charge in [-0.3, -0.25) is 9.98 Å². The van der Waals surface area contributed by atoms with Gasteiger partial charge in [0.15, 0.2) is 0 Å². The number of aliphatic imine (C=N–C) groups is 2. The fourth-order valence-corrected chi connectivity index (χ4v) is 8.64. The molecule has 0 aromatic heterocycles. The molecular weight excluding hydrogens is 627 g/mol. The second-order valence-electron chi connectivity index (χ2n) is 16.6. The third-order valence-electron chi connectivity index (χ3n) is 9.20. The van der Waals surface area contributed by atoms with Crippen LogP contribution in [0.1, 0.15) is 136 Å². The Labute approximate surface area is 295 Å². The van der Waals surface area contributed by atoms with E-state index in [1.807, 2.05) is 12.4 Å². The average molecular weight is 694 g/mol. The van der Waals surface area contributed by atoms with E-state index >= 15 is 0 Å². The van der Waals surface area contributed by atoms with Gasteiger partial charge in [-0.05, 0) is 46.3 Å². The SMILES string of the molecule is CCCC[Si](C)(C)c1cc(C=N[C@H]2CCCC[C@@H]2N=Cc2cc(C(C)(C)C)cc(C(C)(C)C)c2O)c(O)c(C(C)(C)C)c1.[CH3-].[CH3-].[Co]. The largest absolute Gasteiger partial charge is 0.507 e. The van der Waals surface area contributed by atoms with Crippen molar-refractivity contribution in [3.8, 4) is 11.5 Å². The molecule has 2 aromatic rings. The molecule has 0 bridgehead atoms. The fraction of sp³-hybridized carbons (Fsp3) is 0.600. The molecule has 0 spiro atoms. The molecule has 1 saturated carbocycles. The molecule has 1 fully saturated rings. The topological polar surface area (TPSA) is 65.2 Å². The minimum absolute atomic E-state index is 0. The average Bonchev–Trinajstić information content (AvgIpc) is 2.89. The van der Waals surface area contributed by atoms with E-state index in [4.69, 9.17) is 9.98 Å². The maximum Gasteiger partial charge on any atom is 0.128 e. The number of nitrogens with zero attached hydrogens (tertiary/aromatic N) is 2. The van der Waals surface area contributed by atoms with Gasteiger partial charge in [-0.2, -0.15) is 0 Å². The zero-order chi connectivity index (χ0) is 32.4. The molecule has 1 aliphatic rings. The summed E-state index contributed by atoms with van der Waals surface area (Å²) in [6, 6.07) is 10.1. The summed E-state index contributed by atoms with van der Waals surface area (Å²) in [5, 5.41) is 24.1. The van der Waals surface area contributed by atoms with Crippen LogP contribution in [0.4, 0.5) is 0 Å². The molecule has 0 heterocycles. The molecular formula is C40H66CoN2O2Si-2. The van der Waals surface area contributed by atoms with Gasteiger partial charge in [0.05, 0.1) is 20.2 Å². The van der Waals surface area contributed by atoms with Gasteiger partial charge in [0.2, 0.25) is 0 Å². The van der Waals surface area contributed by atoms with Gasteiger partial charge in [-0.25, -0.2) is 0 Å². The van der Waals surface area contributed by atoms with E-state index in [0.29, 0.717) is 11.5 Å². The van der Waals surface area contributed by atoms with E-state index in [-0.39, 0.29) is 60.0 Å². The molecule has 1 radical (unpaired) electrons. The Morgan fingerprint density at radius 2 is 1.15 bits per heavy atom. The smallest absolute Gasteiger partial charge is 0.128 e. The predicted molar refractivity (Wildman–Crippen MR) is 203 cm³/mol. The first kappa shape index (κ1) is 44.1. The molecule has 0 amide bonds. The number of rotatable bonds is 8. The molecule has 2 atom stereocenters. The Morgan fingerprint density at radius 3 is 1.57 bits per heavy atom. The normalized spacial score (nSPS) is 17.8. The summed E-state index contributed by atoms with van der Waals surface area (Å²) >= 11 is 0. The number of unbranched alkanes of at least 4 members (excludes halogenated alkanes) is 1. The van der Waals surface area contributed by atoms with Gasteiger partial charge in [-0.1, -0.05) is 137 Å². The number of phenolic OH excluding ortho intramolecular Hbond substituents is 2. The molecule has 2 N–H and O–H groups in total. The van der Waals surface area contributed by atoms with Gasteiger partial charge in [-0.15, -0.1) is 0 Å². The second kappa shape index (κ2) is 17.0. The van der Waals surface area contributed by atoms with Gasteiger partial charge in [0.25, 0.3) is 0 Å². The summed E-state index contributed by atoms with van der Waals surface area (Å²) < 4.78 is 0. The quantitative estimate of drug-likeness (QED) is 0.164. The van der Waals surface area contributed by atoms with E-state index in [2.05, 4.69) is 107 Å². The zero-order valence-electron chi connectivity index (χ0n) is 31.7. The van der Waals surface area contributed by atoms with E-state index in [1.165, 1.54) is 29.6 Å². The van der Waals surface area contributed by atoms with Crippen molar-refractivity contribution >= 4 is 25.7 Å². The molecule has 2 aromatic carbocycles. The second-order valence-corrected chi connectivity index (χ2v) is 21.5. The van der Waals surface area contributed by atoms with Crippen molar-refractivity contribution in [1.82, 2.24) is 0 Å². The van der Waals surface area contributed by atoms with E-state index in [1.54, 1.807) is 0 Å². The van der Waals surface area contributed by atoms with Crippen LogP contribution in [0.25, 0.3) is 0 Å². The van der Waals surface area contributed by atoms with Gasteiger partial charge in [0.1, 0.15) is 11.5 Å². The number of hydrogen-bond donors (Lipinski definition) is 2. The molecule has 3 rings (SSSR count). The van der Waals surface area contributed by atoms with Gasteiger partial charge >= 0.3 is 0 Å². The first-order valence-electron chi connectivity index (χ1n) is 16.6. The Bertz CT molecular complexity index is 1330. The van der Waals surface area contributed by atoms with Crippen molar-refractivity contribution in [1.29, 1.82) is 0 Å². The molecule has 46 heavy (non-hydrogen) atoms. The molecule has 0 saturated heterocycles. The summed E-state index contributed by atoms with van der Waals surface area (Å²) in [6.45, 7) is 26.7. The summed E-state index contributed by atoms with van der Waals surface area (Å²) in [5.74, 6) is 0.682. The van der Waals surface area contributed by atoms with Crippen molar-refractivity contribution in [2.75, 3.05) is 0 Å². The van der Waals surface area contributed by atoms with Crippen LogP contribution < -0.4 is 5.19 Å². The van der Waals surface area contributed by atoms with Crippen molar-refractivity contribution in [3.63, 3.8) is 0 Å². The minimum Gasteiger partial charge on any atom is -0.507 e. The van der Waals surface area contributed by atoms with E-state index < -0.39 is 8.07 Å². The van der Waals surface area contributed by atoms with E-state index in [0.717, 1.165) is 47.9 Å². The van der Waals surface area contributed by atoms with Crippen LogP contribution >= 0.6 is 0 Å². The fourth-order valence-electron chi connectivity index (χ4n) is 6.03. The van der Waals surface area contributed by atoms with Crippen LogP contribution in [0.3, 0.4) is 0 Å². The van der Waals surface area contributed by atoms with Crippen LogP contribution in [-0.2, 0) is 33.0 Å². The monoisotopic (exact) mass is 693 g/mol. The van der Waals surface area contributed by atoms with Crippen LogP contribution in [0.5, 0.6) is 11.5 Å². The maximum absolute atomic E-state index is 11.4.